The van der Waals surface area contributed by atoms with Gasteiger partial charge in [-0.2, -0.15) is 0 Å². The summed E-state index contributed by atoms with van der Waals surface area (Å²) in [6.45, 7) is 5.47. The second-order valence-electron chi connectivity index (χ2n) is 8.60. The number of carbonyl (C=O) groups excluding carboxylic acids is 2. The summed E-state index contributed by atoms with van der Waals surface area (Å²) in [6.07, 6.45) is 4.55. The van der Waals surface area contributed by atoms with Gasteiger partial charge >= 0.3 is 0 Å². The lowest BCUT2D eigenvalue weighted by Crippen LogP contribution is -2.47. The van der Waals surface area contributed by atoms with Crippen molar-refractivity contribution in [3.8, 4) is 5.75 Å². The third-order valence-corrected chi connectivity index (χ3v) is 6.78. The molecular weight excluding hydrogens is 388 g/mol. The van der Waals surface area contributed by atoms with Crippen LogP contribution in [0.3, 0.4) is 0 Å². The van der Waals surface area contributed by atoms with E-state index in [0.29, 0.717) is 25.2 Å². The molecule has 0 spiro atoms. The lowest BCUT2D eigenvalue weighted by atomic mass is 9.69. The maximum absolute atomic E-state index is 12.9. The summed E-state index contributed by atoms with van der Waals surface area (Å²) in [5, 5.41) is 2.92. The standard InChI is InChI=1S/C26H32N2O3/c1-2-24(29)26(20-8-4-3-5-9-20)14-17-28(18-15-26)16-7-19-31-23-11-6-10-22-21(23)12-13-25(30)27-22/h3-6,8-11H,2,7,12-19H2,1H3,(H,27,30). The molecule has 5 nitrogen and oxygen atoms in total. The van der Waals surface area contributed by atoms with Crippen molar-refractivity contribution in [3.05, 3.63) is 59.7 Å². The maximum Gasteiger partial charge on any atom is 0.224 e. The van der Waals surface area contributed by atoms with Gasteiger partial charge in [0, 0.05) is 30.6 Å². The maximum atomic E-state index is 12.9. The fourth-order valence-electron chi connectivity index (χ4n) is 4.98. The van der Waals surface area contributed by atoms with E-state index < -0.39 is 0 Å². The number of ketones is 1. The quantitative estimate of drug-likeness (QED) is 0.645. The molecule has 2 aliphatic heterocycles. The summed E-state index contributed by atoms with van der Waals surface area (Å²) in [5.74, 6) is 1.32. The monoisotopic (exact) mass is 420 g/mol. The van der Waals surface area contributed by atoms with Gasteiger partial charge in [-0.3, -0.25) is 9.59 Å². The topological polar surface area (TPSA) is 58.6 Å². The average molecular weight is 421 g/mol. The number of nitrogens with one attached hydrogen (secondary N) is 1. The molecule has 1 fully saturated rings. The van der Waals surface area contributed by atoms with Crippen molar-refractivity contribution in [1.82, 2.24) is 4.90 Å². The number of nitrogens with zero attached hydrogens (tertiary/aromatic N) is 1. The minimum absolute atomic E-state index is 0.0721. The molecule has 2 aromatic carbocycles. The van der Waals surface area contributed by atoms with Crippen LogP contribution in [0.1, 0.15) is 50.2 Å². The van der Waals surface area contributed by atoms with E-state index in [0.717, 1.165) is 62.3 Å². The van der Waals surface area contributed by atoms with E-state index in [1.165, 1.54) is 5.56 Å². The van der Waals surface area contributed by atoms with Gasteiger partial charge in [-0.15, -0.1) is 0 Å². The zero-order chi connectivity index (χ0) is 21.7. The number of amides is 1. The van der Waals surface area contributed by atoms with Gasteiger partial charge in [0.1, 0.15) is 11.5 Å². The largest absolute Gasteiger partial charge is 0.493 e. The second kappa shape index (κ2) is 9.65. The van der Waals surface area contributed by atoms with Gasteiger partial charge in [0.05, 0.1) is 12.0 Å². The van der Waals surface area contributed by atoms with Gasteiger partial charge in [-0.25, -0.2) is 0 Å². The van der Waals surface area contributed by atoms with Crippen molar-refractivity contribution in [2.24, 2.45) is 0 Å². The molecule has 0 radical (unpaired) electrons. The van der Waals surface area contributed by atoms with Gasteiger partial charge in [0.15, 0.2) is 0 Å². The molecule has 164 valence electrons. The molecule has 31 heavy (non-hydrogen) atoms. The van der Waals surface area contributed by atoms with Crippen molar-refractivity contribution in [2.75, 3.05) is 31.6 Å². The van der Waals surface area contributed by atoms with Crippen molar-refractivity contribution in [2.45, 2.75) is 50.9 Å². The first-order valence-electron chi connectivity index (χ1n) is 11.5. The highest BCUT2D eigenvalue weighted by molar-refractivity contribution is 5.94. The number of Topliss-reactive ketones (excluding diaryl/α,β-unsaturated/α-hetero) is 1. The van der Waals surface area contributed by atoms with Gasteiger partial charge < -0.3 is 15.0 Å². The summed E-state index contributed by atoms with van der Waals surface area (Å²) in [6, 6.07) is 16.2. The summed E-state index contributed by atoms with van der Waals surface area (Å²) in [5.41, 5.74) is 2.83. The van der Waals surface area contributed by atoms with Crippen LogP contribution in [0, 0.1) is 0 Å². The molecule has 0 saturated carbocycles. The molecule has 2 aliphatic rings. The Morgan fingerprint density at radius 2 is 1.84 bits per heavy atom. The van der Waals surface area contributed by atoms with Crippen LogP contribution >= 0.6 is 0 Å². The van der Waals surface area contributed by atoms with Gasteiger partial charge in [-0.05, 0) is 56.5 Å². The van der Waals surface area contributed by atoms with E-state index in [4.69, 9.17) is 4.74 Å². The van der Waals surface area contributed by atoms with E-state index in [-0.39, 0.29) is 11.3 Å². The Morgan fingerprint density at radius 1 is 1.06 bits per heavy atom. The molecule has 1 amide bonds. The smallest absolute Gasteiger partial charge is 0.224 e. The summed E-state index contributed by atoms with van der Waals surface area (Å²) >= 11 is 0. The van der Waals surface area contributed by atoms with Gasteiger partial charge in [0.25, 0.3) is 0 Å². The van der Waals surface area contributed by atoms with E-state index in [2.05, 4.69) is 22.3 Å². The number of carbonyl (C=O) groups is 2. The number of hydrogen-bond donors (Lipinski definition) is 1. The molecule has 0 bridgehead atoms. The van der Waals surface area contributed by atoms with Crippen LogP contribution in [0.15, 0.2) is 48.5 Å². The highest BCUT2D eigenvalue weighted by atomic mass is 16.5. The zero-order valence-corrected chi connectivity index (χ0v) is 18.4. The number of anilines is 1. The van der Waals surface area contributed by atoms with Crippen LogP contribution in [0.25, 0.3) is 0 Å². The molecule has 4 rings (SSSR count). The number of hydrogen-bond acceptors (Lipinski definition) is 4. The zero-order valence-electron chi connectivity index (χ0n) is 18.4. The van der Waals surface area contributed by atoms with E-state index in [1.807, 2.05) is 43.3 Å². The fourth-order valence-corrected chi connectivity index (χ4v) is 4.98. The number of fused-ring (bicyclic) bond motifs is 1. The summed E-state index contributed by atoms with van der Waals surface area (Å²) < 4.78 is 6.06. The Morgan fingerprint density at radius 3 is 2.58 bits per heavy atom. The average Bonchev–Trinajstić information content (AvgIpc) is 2.82. The lowest BCUT2D eigenvalue weighted by molar-refractivity contribution is -0.126. The predicted molar refractivity (Wildman–Crippen MR) is 123 cm³/mol. The molecule has 0 unspecified atom stereocenters. The van der Waals surface area contributed by atoms with Gasteiger partial charge in [-0.1, -0.05) is 43.3 Å². The minimum Gasteiger partial charge on any atom is -0.493 e. The molecule has 5 heteroatoms. The van der Waals surface area contributed by atoms with E-state index in [1.54, 1.807) is 0 Å². The molecule has 0 aliphatic carbocycles. The normalized spacial score (nSPS) is 18.2. The van der Waals surface area contributed by atoms with Crippen LogP contribution in [-0.4, -0.2) is 42.8 Å². The Labute approximate surface area is 184 Å². The number of likely N-dealkylation sites (tertiary alicyclic amines) is 1. The molecule has 0 atom stereocenters. The Hall–Kier alpha value is -2.66. The summed E-state index contributed by atoms with van der Waals surface area (Å²) in [7, 11) is 0. The lowest BCUT2D eigenvalue weighted by Gasteiger charge is -2.41. The Balaban J connectivity index is 1.29. The van der Waals surface area contributed by atoms with Crippen LogP contribution in [0.2, 0.25) is 0 Å². The first kappa shape index (κ1) is 21.6. The summed E-state index contributed by atoms with van der Waals surface area (Å²) in [4.78, 5) is 26.9. The third-order valence-electron chi connectivity index (χ3n) is 6.78. The first-order valence-corrected chi connectivity index (χ1v) is 11.5. The van der Waals surface area contributed by atoms with Crippen molar-refractivity contribution < 1.29 is 14.3 Å². The van der Waals surface area contributed by atoms with Crippen LogP contribution in [0.5, 0.6) is 5.75 Å². The Kier molecular flexibility index (Phi) is 6.71. The van der Waals surface area contributed by atoms with E-state index >= 15 is 0 Å². The molecule has 2 heterocycles. The molecule has 1 N–H and O–H groups in total. The van der Waals surface area contributed by atoms with Crippen molar-refractivity contribution in [3.63, 3.8) is 0 Å². The second-order valence-corrected chi connectivity index (χ2v) is 8.60. The van der Waals surface area contributed by atoms with Gasteiger partial charge in [0.2, 0.25) is 5.91 Å². The fraction of sp³-hybridized carbons (Fsp3) is 0.462. The minimum atomic E-state index is -0.323. The molecular formula is C26H32N2O3. The molecule has 1 saturated heterocycles. The number of ether oxygens (including phenoxy) is 1. The SMILES string of the molecule is CCC(=O)C1(c2ccccc2)CCN(CCCOc2cccc3c2CCC(=O)N3)CC1. The van der Waals surface area contributed by atoms with Crippen LogP contribution < -0.4 is 10.1 Å². The van der Waals surface area contributed by atoms with Crippen LogP contribution in [-0.2, 0) is 21.4 Å². The first-order chi connectivity index (χ1) is 15.1. The highest BCUT2D eigenvalue weighted by Gasteiger charge is 2.41. The molecule has 2 aromatic rings. The molecule has 0 aromatic heterocycles. The van der Waals surface area contributed by atoms with Crippen molar-refractivity contribution >= 4 is 17.4 Å². The van der Waals surface area contributed by atoms with Crippen molar-refractivity contribution in [1.29, 1.82) is 0 Å². The number of rotatable bonds is 8. The third kappa shape index (κ3) is 4.67. The number of piperidine rings is 1. The Bertz CT molecular complexity index is 918. The highest BCUT2D eigenvalue weighted by Crippen LogP contribution is 2.37. The van der Waals surface area contributed by atoms with E-state index in [9.17, 15) is 9.59 Å². The predicted octanol–water partition coefficient (Wildman–Crippen LogP) is 4.35. The van der Waals surface area contributed by atoms with Crippen LogP contribution in [0.4, 0.5) is 5.69 Å². The number of benzene rings is 2.